The number of carboxylic acids is 1. The molecule has 0 aromatic heterocycles. The quantitative estimate of drug-likeness (QED) is 0.281. The van der Waals surface area contributed by atoms with E-state index in [2.05, 4.69) is 47.6 Å². The Bertz CT molecular complexity index is 1260. The molecule has 46 heavy (non-hydrogen) atoms. The Kier molecular flexibility index (Phi) is 7.81. The molecule has 8 nitrogen and oxygen atoms in total. The highest BCUT2D eigenvalue weighted by atomic mass is 16.7. The van der Waals surface area contributed by atoms with Gasteiger partial charge in [-0.25, -0.2) is 0 Å². The molecule has 1 unspecified atom stereocenters. The van der Waals surface area contributed by atoms with Crippen molar-refractivity contribution in [2.45, 2.75) is 162 Å². The Hall–Kier alpha value is -1.03. The molecule has 0 bridgehead atoms. The molecule has 0 aromatic carbocycles. The van der Waals surface area contributed by atoms with Gasteiger partial charge in [0.1, 0.15) is 18.3 Å². The monoisotopic (exact) mass is 644 g/mol. The van der Waals surface area contributed by atoms with Gasteiger partial charge in [-0.1, -0.05) is 53.2 Å². The molecule has 2 heterocycles. The van der Waals surface area contributed by atoms with Gasteiger partial charge in [-0.15, -0.1) is 0 Å². The molecule has 7 rings (SSSR count). The molecule has 15 atom stereocenters. The lowest BCUT2D eigenvalue weighted by Gasteiger charge is -2.72. The smallest absolute Gasteiger partial charge is 0.310 e. The molecule has 2 aliphatic heterocycles. The summed E-state index contributed by atoms with van der Waals surface area (Å²) in [4.78, 5) is 13.0. The van der Waals surface area contributed by atoms with Crippen LogP contribution in [0.5, 0.6) is 0 Å². The first-order valence-electron chi connectivity index (χ1n) is 18.3. The largest absolute Gasteiger partial charge is 0.481 e. The highest BCUT2D eigenvalue weighted by Gasteiger charge is 2.70. The Morgan fingerprint density at radius 2 is 1.63 bits per heavy atom. The number of ether oxygens (including phenoxy) is 3. The van der Waals surface area contributed by atoms with E-state index in [4.69, 9.17) is 14.2 Å². The van der Waals surface area contributed by atoms with E-state index in [-0.39, 0.29) is 39.1 Å². The topological polar surface area (TPSA) is 126 Å². The van der Waals surface area contributed by atoms with Crippen LogP contribution < -0.4 is 0 Å². The summed E-state index contributed by atoms with van der Waals surface area (Å²) in [7, 11) is 0. The maximum Gasteiger partial charge on any atom is 0.310 e. The van der Waals surface area contributed by atoms with Crippen LogP contribution in [0.3, 0.4) is 0 Å². The zero-order chi connectivity index (χ0) is 33.2. The fourth-order valence-corrected chi connectivity index (χ4v) is 13.0. The Labute approximate surface area is 275 Å². The van der Waals surface area contributed by atoms with Gasteiger partial charge >= 0.3 is 5.97 Å². The average molecular weight is 645 g/mol. The van der Waals surface area contributed by atoms with Crippen LogP contribution in [-0.2, 0) is 19.0 Å². The van der Waals surface area contributed by atoms with Crippen molar-refractivity contribution in [1.29, 1.82) is 0 Å². The van der Waals surface area contributed by atoms with Gasteiger partial charge in [-0.2, -0.15) is 0 Å². The number of aliphatic hydroxyl groups excluding tert-OH is 3. The standard InChI is InChI=1S/C38H60O8/c1-21(39)31-30(41)29(40)24(45-31)18-28-44-20-35(5)25-10-13-37(7)26(34(25,4)12-11-27(35)46-28)9-8-22-23-19-33(2,3)14-16-38(23,32(42)43)17-15-36(22,37)6/h8,21,23-31,39-41H,9-20H2,1-7H3,(H,42,43)/t21-,23-,24?,25+,26+,27-,28+,29+,30-,31+,34-,35-,36+,37+,38-/m0/s1. The minimum atomic E-state index is -1.13. The summed E-state index contributed by atoms with van der Waals surface area (Å²) in [6, 6.07) is 0. The fraction of sp³-hybridized carbons (Fsp3) is 0.921. The first-order chi connectivity index (χ1) is 21.4. The number of carboxylic acid groups (broad SMARTS) is 1. The molecule has 5 aliphatic carbocycles. The molecular weight excluding hydrogens is 584 g/mol. The summed E-state index contributed by atoms with van der Waals surface area (Å²) >= 11 is 0. The highest BCUT2D eigenvalue weighted by Crippen LogP contribution is 2.76. The molecule has 0 radical (unpaired) electrons. The summed E-state index contributed by atoms with van der Waals surface area (Å²) in [5.74, 6) is 0.508. The van der Waals surface area contributed by atoms with Gasteiger partial charge in [0.05, 0.1) is 30.3 Å². The van der Waals surface area contributed by atoms with Crippen molar-refractivity contribution in [3.63, 3.8) is 0 Å². The van der Waals surface area contributed by atoms with Crippen LogP contribution in [0.2, 0.25) is 0 Å². The van der Waals surface area contributed by atoms with E-state index in [1.54, 1.807) is 6.92 Å². The molecule has 8 heteroatoms. The van der Waals surface area contributed by atoms with E-state index < -0.39 is 48.2 Å². The molecular formula is C38H60O8. The first-order valence-corrected chi connectivity index (χ1v) is 18.3. The van der Waals surface area contributed by atoms with Gasteiger partial charge in [0.15, 0.2) is 6.29 Å². The second kappa shape index (κ2) is 10.7. The summed E-state index contributed by atoms with van der Waals surface area (Å²) in [6.07, 6.45) is 7.64. The number of aliphatic hydroxyl groups is 3. The second-order valence-electron chi connectivity index (χ2n) is 18.7. The minimum Gasteiger partial charge on any atom is -0.481 e. The number of hydrogen-bond acceptors (Lipinski definition) is 7. The SMILES string of the molecule is C[C@H](O)[C@H]1OC(C[C@@H]2OC[C@@]3(C)[C@@H]4CC[C@]5(C)[C@H](CC=C6[C@@H]7CC(C)(C)CC[C@]7(C(=O)O)CC[C@]65C)[C@@]4(C)CC[C@@H]3O2)[C@@H](O)[C@@H]1O. The van der Waals surface area contributed by atoms with Crippen LogP contribution in [-0.4, -0.2) is 75.9 Å². The maximum atomic E-state index is 13.0. The third kappa shape index (κ3) is 4.48. The van der Waals surface area contributed by atoms with Crippen LogP contribution >= 0.6 is 0 Å². The molecule has 4 N–H and O–H groups in total. The molecule has 4 saturated carbocycles. The third-order valence-corrected chi connectivity index (χ3v) is 16.0. The number of carbonyl (C=O) groups is 1. The van der Waals surface area contributed by atoms with Crippen LogP contribution in [0.1, 0.15) is 119 Å². The summed E-state index contributed by atoms with van der Waals surface area (Å²) < 4.78 is 19.0. The van der Waals surface area contributed by atoms with Crippen LogP contribution in [0.4, 0.5) is 0 Å². The van der Waals surface area contributed by atoms with E-state index >= 15 is 0 Å². The summed E-state index contributed by atoms with van der Waals surface area (Å²) in [5.41, 5.74) is 1.12. The number of allylic oxidation sites excluding steroid dienone is 2. The van der Waals surface area contributed by atoms with Gasteiger partial charge in [0.2, 0.25) is 0 Å². The van der Waals surface area contributed by atoms with E-state index in [1.807, 2.05) is 0 Å². The molecule has 7 aliphatic rings. The Balaban J connectivity index is 1.13. The van der Waals surface area contributed by atoms with Gasteiger partial charge in [-0.05, 0) is 111 Å². The normalized spacial score (nSPS) is 55.1. The summed E-state index contributed by atoms with van der Waals surface area (Å²) in [5, 5.41) is 41.7. The Morgan fingerprint density at radius 3 is 2.30 bits per heavy atom. The van der Waals surface area contributed by atoms with Gasteiger partial charge < -0.3 is 34.6 Å². The second-order valence-corrected chi connectivity index (χ2v) is 18.7. The predicted octanol–water partition coefficient (Wildman–Crippen LogP) is 5.85. The predicted molar refractivity (Wildman–Crippen MR) is 173 cm³/mol. The lowest BCUT2D eigenvalue weighted by molar-refractivity contribution is -0.319. The van der Waals surface area contributed by atoms with Crippen molar-refractivity contribution in [3.05, 3.63) is 11.6 Å². The van der Waals surface area contributed by atoms with Crippen molar-refractivity contribution < 1.29 is 39.4 Å². The zero-order valence-electron chi connectivity index (χ0n) is 29.3. The third-order valence-electron chi connectivity index (χ3n) is 16.0. The molecule has 0 amide bonds. The van der Waals surface area contributed by atoms with E-state index in [0.29, 0.717) is 24.9 Å². The molecule has 2 saturated heterocycles. The number of fused-ring (bicyclic) bond motifs is 9. The summed E-state index contributed by atoms with van der Waals surface area (Å²) in [6.45, 7) is 16.8. The van der Waals surface area contributed by atoms with Crippen LogP contribution in [0.25, 0.3) is 0 Å². The zero-order valence-corrected chi connectivity index (χ0v) is 29.3. The molecule has 260 valence electrons. The molecule has 0 aromatic rings. The number of rotatable bonds is 4. The molecule has 6 fully saturated rings. The average Bonchev–Trinajstić information content (AvgIpc) is 3.26. The fourth-order valence-electron chi connectivity index (χ4n) is 13.0. The van der Waals surface area contributed by atoms with Crippen molar-refractivity contribution >= 4 is 5.97 Å². The van der Waals surface area contributed by atoms with Crippen molar-refractivity contribution in [3.8, 4) is 0 Å². The van der Waals surface area contributed by atoms with Gasteiger partial charge in [0.25, 0.3) is 0 Å². The lowest BCUT2D eigenvalue weighted by atomic mass is 9.33. The number of hydrogen-bond donors (Lipinski definition) is 4. The van der Waals surface area contributed by atoms with Crippen LogP contribution in [0, 0.1) is 50.2 Å². The highest BCUT2D eigenvalue weighted by molar-refractivity contribution is 5.76. The first kappa shape index (κ1) is 33.5. The van der Waals surface area contributed by atoms with Gasteiger partial charge in [0, 0.05) is 11.8 Å². The van der Waals surface area contributed by atoms with Crippen molar-refractivity contribution in [1.82, 2.24) is 0 Å². The van der Waals surface area contributed by atoms with E-state index in [9.17, 15) is 25.2 Å². The van der Waals surface area contributed by atoms with E-state index in [1.165, 1.54) is 5.57 Å². The maximum absolute atomic E-state index is 13.0. The molecule has 0 spiro atoms. The van der Waals surface area contributed by atoms with Crippen LogP contribution in [0.15, 0.2) is 11.6 Å². The lowest BCUT2D eigenvalue weighted by Crippen LogP contribution is -2.67. The number of aliphatic carboxylic acids is 1. The van der Waals surface area contributed by atoms with Gasteiger partial charge in [-0.3, -0.25) is 4.79 Å². The van der Waals surface area contributed by atoms with E-state index in [0.717, 1.165) is 64.2 Å². The Morgan fingerprint density at radius 1 is 0.913 bits per heavy atom. The minimum absolute atomic E-state index is 0.0000442. The van der Waals surface area contributed by atoms with Crippen molar-refractivity contribution in [2.75, 3.05) is 6.61 Å². The van der Waals surface area contributed by atoms with Crippen molar-refractivity contribution in [2.24, 2.45) is 50.2 Å².